The Balaban J connectivity index is 2.81. The molecule has 0 saturated carbocycles. The summed E-state index contributed by atoms with van der Waals surface area (Å²) >= 11 is 0. The SMILES string of the molecule is CCCCN(C)c1cc(NN)nc(COCC)n1. The van der Waals surface area contributed by atoms with Crippen LogP contribution in [0.2, 0.25) is 0 Å². The zero-order valence-electron chi connectivity index (χ0n) is 11.4. The number of rotatable bonds is 8. The van der Waals surface area contributed by atoms with Gasteiger partial charge in [-0.25, -0.2) is 15.8 Å². The van der Waals surface area contributed by atoms with E-state index >= 15 is 0 Å². The number of unbranched alkanes of at least 4 members (excludes halogenated alkanes) is 1. The first-order chi connectivity index (χ1) is 8.71. The number of nitrogens with two attached hydrogens (primary N) is 1. The van der Waals surface area contributed by atoms with Crippen molar-refractivity contribution < 1.29 is 4.74 Å². The maximum Gasteiger partial charge on any atom is 0.158 e. The molecule has 1 rings (SSSR count). The van der Waals surface area contributed by atoms with Crippen LogP contribution in [-0.2, 0) is 11.3 Å². The standard InChI is InChI=1S/C12H23N5O/c1-4-6-7-17(3)12-8-10(16-13)14-11(15-12)9-18-5-2/h8H,4-7,9,13H2,1-3H3,(H,14,15,16). The van der Waals surface area contributed by atoms with Gasteiger partial charge in [0.25, 0.3) is 0 Å². The van der Waals surface area contributed by atoms with Gasteiger partial charge in [-0.05, 0) is 13.3 Å². The van der Waals surface area contributed by atoms with E-state index in [0.717, 1.165) is 25.2 Å². The Kier molecular flexibility index (Phi) is 6.38. The molecular formula is C12H23N5O. The van der Waals surface area contributed by atoms with E-state index in [1.807, 2.05) is 20.0 Å². The molecule has 1 heterocycles. The lowest BCUT2D eigenvalue weighted by Gasteiger charge is -2.19. The summed E-state index contributed by atoms with van der Waals surface area (Å²) in [4.78, 5) is 10.8. The second-order valence-electron chi connectivity index (χ2n) is 4.08. The van der Waals surface area contributed by atoms with Gasteiger partial charge >= 0.3 is 0 Å². The Labute approximate surface area is 109 Å². The number of ether oxygens (including phenoxy) is 1. The number of nitrogens with zero attached hydrogens (tertiary/aromatic N) is 3. The third-order valence-electron chi connectivity index (χ3n) is 2.58. The highest BCUT2D eigenvalue weighted by Gasteiger charge is 2.07. The first-order valence-electron chi connectivity index (χ1n) is 6.34. The molecule has 1 aromatic heterocycles. The number of hydrazine groups is 1. The van der Waals surface area contributed by atoms with E-state index < -0.39 is 0 Å². The van der Waals surface area contributed by atoms with Crippen molar-refractivity contribution in [2.75, 3.05) is 30.5 Å². The molecule has 18 heavy (non-hydrogen) atoms. The lowest BCUT2D eigenvalue weighted by molar-refractivity contribution is 0.128. The Morgan fingerprint density at radius 2 is 2.17 bits per heavy atom. The van der Waals surface area contributed by atoms with Crippen molar-refractivity contribution in [1.29, 1.82) is 0 Å². The number of anilines is 2. The van der Waals surface area contributed by atoms with Crippen molar-refractivity contribution >= 4 is 11.6 Å². The van der Waals surface area contributed by atoms with Crippen LogP contribution in [0.25, 0.3) is 0 Å². The third kappa shape index (κ3) is 4.46. The molecule has 0 bridgehead atoms. The molecule has 6 heteroatoms. The van der Waals surface area contributed by atoms with Gasteiger partial charge in [-0.1, -0.05) is 13.3 Å². The minimum Gasteiger partial charge on any atom is -0.374 e. The Bertz CT molecular complexity index is 358. The lowest BCUT2D eigenvalue weighted by atomic mass is 10.3. The molecule has 0 aliphatic rings. The Morgan fingerprint density at radius 1 is 1.39 bits per heavy atom. The average Bonchev–Trinajstić information content (AvgIpc) is 2.41. The molecule has 0 amide bonds. The molecule has 1 aromatic rings. The molecule has 0 atom stereocenters. The van der Waals surface area contributed by atoms with Gasteiger partial charge in [0.1, 0.15) is 18.2 Å². The summed E-state index contributed by atoms with van der Waals surface area (Å²) in [5.41, 5.74) is 2.56. The summed E-state index contributed by atoms with van der Waals surface area (Å²) in [6.45, 7) is 6.12. The fourth-order valence-electron chi connectivity index (χ4n) is 1.52. The van der Waals surface area contributed by atoms with Gasteiger partial charge in [0.05, 0.1) is 0 Å². The second kappa shape index (κ2) is 7.84. The molecular weight excluding hydrogens is 230 g/mol. The summed E-state index contributed by atoms with van der Waals surface area (Å²) in [6.07, 6.45) is 2.29. The van der Waals surface area contributed by atoms with Crippen molar-refractivity contribution in [1.82, 2.24) is 9.97 Å². The minimum atomic E-state index is 0.403. The van der Waals surface area contributed by atoms with Crippen molar-refractivity contribution in [3.05, 3.63) is 11.9 Å². The van der Waals surface area contributed by atoms with Crippen LogP contribution in [0.1, 0.15) is 32.5 Å². The molecule has 0 aliphatic carbocycles. The molecule has 0 saturated heterocycles. The van der Waals surface area contributed by atoms with Gasteiger partial charge in [0, 0.05) is 26.3 Å². The van der Waals surface area contributed by atoms with Crippen molar-refractivity contribution in [3.8, 4) is 0 Å². The molecule has 0 aliphatic heterocycles. The number of hydrogen-bond donors (Lipinski definition) is 2. The zero-order chi connectivity index (χ0) is 13.4. The molecule has 6 nitrogen and oxygen atoms in total. The monoisotopic (exact) mass is 253 g/mol. The molecule has 0 aromatic carbocycles. The van der Waals surface area contributed by atoms with Gasteiger partial charge < -0.3 is 15.1 Å². The third-order valence-corrected chi connectivity index (χ3v) is 2.58. The van der Waals surface area contributed by atoms with Gasteiger partial charge in [-0.2, -0.15) is 0 Å². The molecule has 3 N–H and O–H groups in total. The predicted octanol–water partition coefficient (Wildman–Crippen LogP) is 1.53. The van der Waals surface area contributed by atoms with Crippen LogP contribution >= 0.6 is 0 Å². The predicted molar refractivity (Wildman–Crippen MR) is 73.4 cm³/mol. The van der Waals surface area contributed by atoms with E-state index in [1.165, 1.54) is 0 Å². The summed E-state index contributed by atoms with van der Waals surface area (Å²) < 4.78 is 5.32. The van der Waals surface area contributed by atoms with Gasteiger partial charge in [0.15, 0.2) is 5.82 Å². The first kappa shape index (κ1) is 14.7. The molecule has 0 spiro atoms. The van der Waals surface area contributed by atoms with E-state index in [1.54, 1.807) is 0 Å². The Morgan fingerprint density at radius 3 is 2.78 bits per heavy atom. The topological polar surface area (TPSA) is 76.3 Å². The lowest BCUT2D eigenvalue weighted by Crippen LogP contribution is -2.21. The number of aromatic nitrogens is 2. The number of hydrogen-bond acceptors (Lipinski definition) is 6. The highest BCUT2D eigenvalue weighted by Crippen LogP contribution is 2.15. The summed E-state index contributed by atoms with van der Waals surface area (Å²) in [6, 6.07) is 1.84. The van der Waals surface area contributed by atoms with Crippen LogP contribution in [-0.4, -0.2) is 30.2 Å². The first-order valence-corrected chi connectivity index (χ1v) is 6.34. The molecule has 0 unspecified atom stereocenters. The maximum absolute atomic E-state index is 5.42. The van der Waals surface area contributed by atoms with Crippen LogP contribution in [0, 0.1) is 0 Å². The van der Waals surface area contributed by atoms with Crippen LogP contribution in [0.15, 0.2) is 6.07 Å². The highest BCUT2D eigenvalue weighted by atomic mass is 16.5. The fourth-order valence-corrected chi connectivity index (χ4v) is 1.52. The summed E-state index contributed by atoms with van der Waals surface area (Å²) in [5.74, 6) is 7.53. The largest absolute Gasteiger partial charge is 0.374 e. The second-order valence-corrected chi connectivity index (χ2v) is 4.08. The Hall–Kier alpha value is -1.40. The van der Waals surface area contributed by atoms with Crippen LogP contribution in [0.5, 0.6) is 0 Å². The summed E-state index contributed by atoms with van der Waals surface area (Å²) in [5, 5.41) is 0. The van der Waals surface area contributed by atoms with Gasteiger partial charge in [-0.15, -0.1) is 0 Å². The normalized spacial score (nSPS) is 10.4. The molecule has 0 radical (unpaired) electrons. The van der Waals surface area contributed by atoms with Gasteiger partial charge in [0.2, 0.25) is 0 Å². The fraction of sp³-hybridized carbons (Fsp3) is 0.667. The summed E-state index contributed by atoms with van der Waals surface area (Å²) in [7, 11) is 2.02. The van der Waals surface area contributed by atoms with E-state index in [2.05, 4.69) is 27.2 Å². The smallest absolute Gasteiger partial charge is 0.158 e. The quantitative estimate of drug-likeness (QED) is 0.540. The van der Waals surface area contributed by atoms with Crippen molar-refractivity contribution in [3.63, 3.8) is 0 Å². The number of nitrogens with one attached hydrogen (secondary N) is 1. The van der Waals surface area contributed by atoms with Crippen molar-refractivity contribution in [2.45, 2.75) is 33.3 Å². The van der Waals surface area contributed by atoms with Crippen LogP contribution in [0.4, 0.5) is 11.6 Å². The number of nitrogen functional groups attached to an aromatic ring is 1. The molecule has 102 valence electrons. The van der Waals surface area contributed by atoms with Gasteiger partial charge in [-0.3, -0.25) is 0 Å². The van der Waals surface area contributed by atoms with E-state index in [4.69, 9.17) is 10.6 Å². The minimum absolute atomic E-state index is 0.403. The van der Waals surface area contributed by atoms with Crippen LogP contribution in [0.3, 0.4) is 0 Å². The van der Waals surface area contributed by atoms with E-state index in [-0.39, 0.29) is 0 Å². The average molecular weight is 253 g/mol. The van der Waals surface area contributed by atoms with Crippen LogP contribution < -0.4 is 16.2 Å². The van der Waals surface area contributed by atoms with Crippen molar-refractivity contribution in [2.24, 2.45) is 5.84 Å². The molecule has 0 fully saturated rings. The maximum atomic E-state index is 5.42. The zero-order valence-corrected chi connectivity index (χ0v) is 11.4. The van der Waals surface area contributed by atoms with E-state index in [9.17, 15) is 0 Å². The highest BCUT2D eigenvalue weighted by molar-refractivity contribution is 5.48. The van der Waals surface area contributed by atoms with E-state index in [0.29, 0.717) is 24.9 Å².